The monoisotopic (exact) mass is 124 g/mol. The molecule has 1 aliphatic carbocycles. The van der Waals surface area contributed by atoms with Crippen LogP contribution in [0.1, 0.15) is 26.2 Å². The van der Waals surface area contributed by atoms with Gasteiger partial charge in [0.05, 0.1) is 0 Å². The quantitative estimate of drug-likeness (QED) is 0.510. The van der Waals surface area contributed by atoms with E-state index in [0.29, 0.717) is 5.71 Å². The van der Waals surface area contributed by atoms with Crippen LogP contribution in [0.2, 0.25) is 0 Å². The van der Waals surface area contributed by atoms with Gasteiger partial charge in [-0.25, -0.2) is 0 Å². The molecule has 0 aromatic carbocycles. The van der Waals surface area contributed by atoms with Crippen molar-refractivity contribution in [3.63, 3.8) is 0 Å². The van der Waals surface area contributed by atoms with Gasteiger partial charge in [-0.3, -0.25) is 0 Å². The maximum atomic E-state index is 7.28. The summed E-state index contributed by atoms with van der Waals surface area (Å²) in [5.41, 5.74) is 8.27. The van der Waals surface area contributed by atoms with E-state index in [1.807, 2.05) is 0 Å². The van der Waals surface area contributed by atoms with Crippen LogP contribution in [-0.4, -0.2) is 5.71 Å². The van der Waals surface area contributed by atoms with Crippen molar-refractivity contribution in [2.24, 2.45) is 5.73 Å². The molecule has 0 heterocycles. The Morgan fingerprint density at radius 1 is 1.56 bits per heavy atom. The molecule has 0 saturated carbocycles. The van der Waals surface area contributed by atoms with Crippen molar-refractivity contribution < 1.29 is 0 Å². The summed E-state index contributed by atoms with van der Waals surface area (Å²) < 4.78 is 0. The molecule has 0 aromatic heterocycles. The molecular weight excluding hydrogens is 112 g/mol. The molecule has 1 rings (SSSR count). The van der Waals surface area contributed by atoms with Crippen molar-refractivity contribution >= 4 is 5.71 Å². The summed E-state index contributed by atoms with van der Waals surface area (Å²) in [6.07, 6.45) is 3.14. The third-order valence-electron chi connectivity index (χ3n) is 1.71. The van der Waals surface area contributed by atoms with Crippen LogP contribution in [0.5, 0.6) is 0 Å². The highest BCUT2D eigenvalue weighted by Gasteiger charge is 2.11. The Kier molecular flexibility index (Phi) is 1.56. The molecule has 3 N–H and O–H groups in total. The van der Waals surface area contributed by atoms with Crippen LogP contribution in [0.3, 0.4) is 0 Å². The fourth-order valence-electron chi connectivity index (χ4n) is 1.20. The molecule has 0 spiro atoms. The molecule has 2 nitrogen and oxygen atoms in total. The molecule has 0 atom stereocenters. The van der Waals surface area contributed by atoms with Gasteiger partial charge in [-0.05, 0) is 31.8 Å². The minimum Gasteiger partial charge on any atom is -0.402 e. The smallest absolute Gasteiger partial charge is 0.0332 e. The molecule has 9 heavy (non-hydrogen) atoms. The molecule has 0 amide bonds. The number of rotatable bonds is 1. The van der Waals surface area contributed by atoms with Gasteiger partial charge in [-0.2, -0.15) is 0 Å². The molecule has 1 aliphatic rings. The lowest BCUT2D eigenvalue weighted by molar-refractivity contribution is 0.895. The Bertz CT molecular complexity index is 168. The molecular formula is C7H12N2. The van der Waals surface area contributed by atoms with Gasteiger partial charge < -0.3 is 11.1 Å². The summed E-state index contributed by atoms with van der Waals surface area (Å²) in [4.78, 5) is 0. The van der Waals surface area contributed by atoms with E-state index in [1.165, 1.54) is 0 Å². The zero-order valence-corrected chi connectivity index (χ0v) is 5.70. The van der Waals surface area contributed by atoms with Gasteiger partial charge in [0.1, 0.15) is 0 Å². The summed E-state index contributed by atoms with van der Waals surface area (Å²) in [6, 6.07) is 0. The minimum atomic E-state index is 0.644. The van der Waals surface area contributed by atoms with Gasteiger partial charge in [0.2, 0.25) is 0 Å². The molecule has 0 radical (unpaired) electrons. The van der Waals surface area contributed by atoms with Gasteiger partial charge in [0, 0.05) is 11.4 Å². The average Bonchev–Trinajstić information content (AvgIpc) is 2.13. The molecule has 0 saturated heterocycles. The Balaban J connectivity index is 2.78. The van der Waals surface area contributed by atoms with E-state index in [9.17, 15) is 0 Å². The third kappa shape index (κ3) is 1.12. The second-order valence-electron chi connectivity index (χ2n) is 2.48. The Morgan fingerprint density at radius 3 is 2.44 bits per heavy atom. The van der Waals surface area contributed by atoms with Gasteiger partial charge in [-0.1, -0.05) is 0 Å². The number of allylic oxidation sites excluding steroid dienone is 2. The molecule has 0 fully saturated rings. The zero-order valence-electron chi connectivity index (χ0n) is 5.70. The molecule has 50 valence electrons. The molecule has 0 aromatic rings. The summed E-state index contributed by atoms with van der Waals surface area (Å²) in [5.74, 6) is 0. The first kappa shape index (κ1) is 6.33. The fourth-order valence-corrected chi connectivity index (χ4v) is 1.20. The Morgan fingerprint density at radius 2 is 2.22 bits per heavy atom. The Hall–Kier alpha value is -0.790. The second-order valence-corrected chi connectivity index (χ2v) is 2.48. The summed E-state index contributed by atoms with van der Waals surface area (Å²) in [5, 5.41) is 7.28. The van der Waals surface area contributed by atoms with Crippen LogP contribution in [0.15, 0.2) is 11.3 Å². The first-order chi connectivity index (χ1) is 4.22. The van der Waals surface area contributed by atoms with Gasteiger partial charge >= 0.3 is 0 Å². The standard InChI is InChI=1S/C7H12N2/c1-5(8)6-3-2-4-7(6)9/h8H,2-4,9H2,1H3. The normalized spacial score (nSPS) is 18.8. The number of hydrogen-bond donors (Lipinski definition) is 2. The molecule has 2 heteroatoms. The highest BCUT2D eigenvalue weighted by Crippen LogP contribution is 2.22. The molecule has 0 bridgehead atoms. The maximum Gasteiger partial charge on any atom is 0.0332 e. The van der Waals surface area contributed by atoms with Crippen LogP contribution < -0.4 is 5.73 Å². The number of nitrogens with one attached hydrogen (secondary N) is 1. The van der Waals surface area contributed by atoms with E-state index in [2.05, 4.69) is 0 Å². The first-order valence-electron chi connectivity index (χ1n) is 3.25. The van der Waals surface area contributed by atoms with Gasteiger partial charge in [0.15, 0.2) is 0 Å². The van der Waals surface area contributed by atoms with E-state index in [4.69, 9.17) is 11.1 Å². The third-order valence-corrected chi connectivity index (χ3v) is 1.71. The van der Waals surface area contributed by atoms with E-state index in [-0.39, 0.29) is 0 Å². The second kappa shape index (κ2) is 2.21. The van der Waals surface area contributed by atoms with Crippen molar-refractivity contribution in [2.45, 2.75) is 26.2 Å². The number of hydrogen-bond acceptors (Lipinski definition) is 2. The average molecular weight is 124 g/mol. The SMILES string of the molecule is CC(=N)C1=C(N)CCC1. The predicted octanol–water partition coefficient (Wildman–Crippen LogP) is 1.42. The molecule has 0 unspecified atom stereocenters. The van der Waals surface area contributed by atoms with E-state index < -0.39 is 0 Å². The van der Waals surface area contributed by atoms with Crippen LogP contribution >= 0.6 is 0 Å². The molecule has 0 aliphatic heterocycles. The largest absolute Gasteiger partial charge is 0.402 e. The van der Waals surface area contributed by atoms with Crippen LogP contribution in [0.25, 0.3) is 0 Å². The van der Waals surface area contributed by atoms with Gasteiger partial charge in [-0.15, -0.1) is 0 Å². The predicted molar refractivity (Wildman–Crippen MR) is 38.5 cm³/mol. The summed E-state index contributed by atoms with van der Waals surface area (Å²) >= 11 is 0. The van der Waals surface area contributed by atoms with Crippen molar-refractivity contribution in [3.8, 4) is 0 Å². The fraction of sp³-hybridized carbons (Fsp3) is 0.571. The maximum absolute atomic E-state index is 7.28. The van der Waals surface area contributed by atoms with Crippen LogP contribution in [0, 0.1) is 5.41 Å². The highest BCUT2D eigenvalue weighted by atomic mass is 14.6. The van der Waals surface area contributed by atoms with Crippen molar-refractivity contribution in [1.82, 2.24) is 0 Å². The highest BCUT2D eigenvalue weighted by molar-refractivity contribution is 5.96. The topological polar surface area (TPSA) is 49.9 Å². The van der Waals surface area contributed by atoms with Crippen LogP contribution in [0.4, 0.5) is 0 Å². The lowest BCUT2D eigenvalue weighted by Crippen LogP contribution is -2.01. The zero-order chi connectivity index (χ0) is 6.85. The van der Waals surface area contributed by atoms with Crippen molar-refractivity contribution in [1.29, 1.82) is 5.41 Å². The summed E-state index contributed by atoms with van der Waals surface area (Å²) in [7, 11) is 0. The summed E-state index contributed by atoms with van der Waals surface area (Å²) in [6.45, 7) is 1.80. The lowest BCUT2D eigenvalue weighted by Gasteiger charge is -1.97. The lowest BCUT2D eigenvalue weighted by atomic mass is 10.1. The van der Waals surface area contributed by atoms with Gasteiger partial charge in [0.25, 0.3) is 0 Å². The first-order valence-corrected chi connectivity index (χ1v) is 3.25. The van der Waals surface area contributed by atoms with E-state index >= 15 is 0 Å². The van der Waals surface area contributed by atoms with E-state index in [1.54, 1.807) is 6.92 Å². The van der Waals surface area contributed by atoms with Crippen molar-refractivity contribution in [3.05, 3.63) is 11.3 Å². The number of nitrogens with two attached hydrogens (primary N) is 1. The van der Waals surface area contributed by atoms with E-state index in [0.717, 1.165) is 30.5 Å². The van der Waals surface area contributed by atoms with Crippen LogP contribution in [-0.2, 0) is 0 Å². The van der Waals surface area contributed by atoms with Crippen molar-refractivity contribution in [2.75, 3.05) is 0 Å². The minimum absolute atomic E-state index is 0.644. The Labute approximate surface area is 55.3 Å².